The molecule has 0 bridgehead atoms. The van der Waals surface area contributed by atoms with E-state index in [-0.39, 0.29) is 37.5 Å². The summed E-state index contributed by atoms with van der Waals surface area (Å²) >= 11 is 0. The number of hydrogen-bond acceptors (Lipinski definition) is 6. The lowest BCUT2D eigenvalue weighted by Crippen LogP contribution is -2.30. The lowest BCUT2D eigenvalue weighted by molar-refractivity contribution is -0.166. The Balaban J connectivity index is 4.43. The summed E-state index contributed by atoms with van der Waals surface area (Å²) in [5.41, 5.74) is 0. The Morgan fingerprint density at radius 1 is 0.280 bits per heavy atom. The fourth-order valence-corrected chi connectivity index (χ4v) is 9.41. The maximum Gasteiger partial charge on any atom is 0.306 e. The number of unbranched alkanes of at least 4 members (excludes halogenated alkanes) is 36. The molecule has 0 radical (unpaired) electrons. The summed E-state index contributed by atoms with van der Waals surface area (Å²) in [7, 11) is 0. The maximum absolute atomic E-state index is 12.9. The van der Waals surface area contributed by atoms with Crippen LogP contribution in [0.15, 0.2) is 72.9 Å². The average Bonchev–Trinajstić information content (AvgIpc) is 3.41. The van der Waals surface area contributed by atoms with Crippen molar-refractivity contribution in [3.63, 3.8) is 0 Å². The second-order valence-corrected chi connectivity index (χ2v) is 21.7. The number of carbonyl (C=O) groups excluding carboxylic acids is 3. The van der Waals surface area contributed by atoms with Gasteiger partial charge in [-0.2, -0.15) is 0 Å². The Morgan fingerprint density at radius 2 is 0.520 bits per heavy atom. The predicted molar refractivity (Wildman–Crippen MR) is 325 cm³/mol. The van der Waals surface area contributed by atoms with Crippen LogP contribution >= 0.6 is 0 Å². The minimum absolute atomic E-state index is 0.101. The van der Waals surface area contributed by atoms with Crippen molar-refractivity contribution in [2.75, 3.05) is 13.2 Å². The van der Waals surface area contributed by atoms with Crippen molar-refractivity contribution in [1.82, 2.24) is 0 Å². The maximum atomic E-state index is 12.9. The summed E-state index contributed by atoms with van der Waals surface area (Å²) in [5.74, 6) is -0.966. The molecule has 0 unspecified atom stereocenters. The van der Waals surface area contributed by atoms with Gasteiger partial charge < -0.3 is 14.2 Å². The molecule has 0 aliphatic carbocycles. The van der Waals surface area contributed by atoms with Crippen LogP contribution in [-0.4, -0.2) is 37.2 Å². The van der Waals surface area contributed by atoms with Gasteiger partial charge in [-0.3, -0.25) is 14.4 Å². The number of allylic oxidation sites excluding steroid dienone is 12. The van der Waals surface area contributed by atoms with Gasteiger partial charge in [-0.25, -0.2) is 0 Å². The van der Waals surface area contributed by atoms with Crippen molar-refractivity contribution in [3.8, 4) is 0 Å². The summed E-state index contributed by atoms with van der Waals surface area (Å²) in [6, 6.07) is 0. The Labute approximate surface area is 465 Å². The molecule has 75 heavy (non-hydrogen) atoms. The van der Waals surface area contributed by atoms with Gasteiger partial charge in [0.25, 0.3) is 0 Å². The second-order valence-electron chi connectivity index (χ2n) is 21.7. The third-order valence-corrected chi connectivity index (χ3v) is 14.2. The SMILES string of the molecule is CC/C=C\C/C=C\C/C=C\C/C=C\C/C=C\C/C=C\CCC(=O)OC(COC(=O)CCCCCCCCCCCCCCCCCCCCC)COC(=O)CCCCCCCCCCCCCCCCCCCCC. The summed E-state index contributed by atoms with van der Waals surface area (Å²) in [5, 5.41) is 0. The highest BCUT2D eigenvalue weighted by Gasteiger charge is 2.19. The molecule has 0 spiro atoms. The normalized spacial score (nSPS) is 12.2. The van der Waals surface area contributed by atoms with Crippen LogP contribution in [-0.2, 0) is 28.6 Å². The van der Waals surface area contributed by atoms with Gasteiger partial charge in [0.15, 0.2) is 6.10 Å². The number of rotatable bonds is 59. The van der Waals surface area contributed by atoms with Crippen LogP contribution in [0.25, 0.3) is 0 Å². The molecule has 0 fully saturated rings. The lowest BCUT2D eigenvalue weighted by atomic mass is 10.0. The third-order valence-electron chi connectivity index (χ3n) is 14.2. The first-order valence-corrected chi connectivity index (χ1v) is 32.4. The zero-order valence-electron chi connectivity index (χ0n) is 49.8. The van der Waals surface area contributed by atoms with Crippen molar-refractivity contribution in [2.24, 2.45) is 0 Å². The minimum Gasteiger partial charge on any atom is -0.462 e. The molecule has 0 aromatic carbocycles. The molecule has 0 aromatic heterocycles. The monoisotopic (exact) mass is 1050 g/mol. The molecule has 0 amide bonds. The fourth-order valence-electron chi connectivity index (χ4n) is 9.41. The van der Waals surface area contributed by atoms with E-state index in [0.29, 0.717) is 19.3 Å². The summed E-state index contributed by atoms with van der Waals surface area (Å²) in [6.45, 7) is 6.52. The molecule has 0 heterocycles. The summed E-state index contributed by atoms with van der Waals surface area (Å²) in [6.07, 6.45) is 82.1. The van der Waals surface area contributed by atoms with E-state index in [2.05, 4.69) is 87.6 Å². The molecule has 6 heteroatoms. The van der Waals surface area contributed by atoms with Crippen LogP contribution in [0.5, 0.6) is 0 Å². The molecule has 0 saturated heterocycles. The van der Waals surface area contributed by atoms with Crippen molar-refractivity contribution in [3.05, 3.63) is 72.9 Å². The van der Waals surface area contributed by atoms with Gasteiger partial charge in [-0.15, -0.1) is 0 Å². The van der Waals surface area contributed by atoms with Gasteiger partial charge in [0.05, 0.1) is 0 Å². The Morgan fingerprint density at radius 3 is 0.787 bits per heavy atom. The number of carbonyl (C=O) groups is 3. The van der Waals surface area contributed by atoms with Crippen molar-refractivity contribution in [2.45, 2.75) is 335 Å². The molecule has 6 nitrogen and oxygen atoms in total. The molecule has 0 aliphatic heterocycles. The first-order valence-electron chi connectivity index (χ1n) is 32.4. The van der Waals surface area contributed by atoms with Crippen LogP contribution in [0.2, 0.25) is 0 Å². The van der Waals surface area contributed by atoms with Crippen LogP contribution in [0.4, 0.5) is 0 Å². The summed E-state index contributed by atoms with van der Waals surface area (Å²) < 4.78 is 16.9. The van der Waals surface area contributed by atoms with Gasteiger partial charge in [-0.1, -0.05) is 325 Å². The van der Waals surface area contributed by atoms with Crippen molar-refractivity contribution >= 4 is 17.9 Å². The fraction of sp³-hybridized carbons (Fsp3) is 0.783. The minimum atomic E-state index is -0.814. The molecule has 0 saturated carbocycles. The van der Waals surface area contributed by atoms with Gasteiger partial charge in [0.1, 0.15) is 13.2 Å². The Hall–Kier alpha value is -3.15. The van der Waals surface area contributed by atoms with E-state index in [1.54, 1.807) is 0 Å². The van der Waals surface area contributed by atoms with Gasteiger partial charge in [0.2, 0.25) is 0 Å². The van der Waals surface area contributed by atoms with Crippen LogP contribution in [0.3, 0.4) is 0 Å². The van der Waals surface area contributed by atoms with Gasteiger partial charge in [-0.05, 0) is 57.8 Å². The molecular formula is C69H122O6. The number of ether oxygens (including phenoxy) is 3. The third kappa shape index (κ3) is 61.6. The largest absolute Gasteiger partial charge is 0.462 e. The first kappa shape index (κ1) is 71.8. The summed E-state index contributed by atoms with van der Waals surface area (Å²) in [4.78, 5) is 38.3. The highest BCUT2D eigenvalue weighted by Crippen LogP contribution is 2.18. The lowest BCUT2D eigenvalue weighted by Gasteiger charge is -2.18. The van der Waals surface area contributed by atoms with Crippen LogP contribution in [0, 0.1) is 0 Å². The van der Waals surface area contributed by atoms with E-state index in [1.807, 2.05) is 6.08 Å². The number of esters is 3. The van der Waals surface area contributed by atoms with Gasteiger partial charge >= 0.3 is 17.9 Å². The molecule has 434 valence electrons. The zero-order valence-corrected chi connectivity index (χ0v) is 49.8. The Kier molecular flexibility index (Phi) is 60.7. The van der Waals surface area contributed by atoms with E-state index in [9.17, 15) is 14.4 Å². The van der Waals surface area contributed by atoms with Gasteiger partial charge in [0, 0.05) is 19.3 Å². The predicted octanol–water partition coefficient (Wildman–Crippen LogP) is 22.1. The number of hydrogen-bond donors (Lipinski definition) is 0. The Bertz CT molecular complexity index is 1330. The smallest absolute Gasteiger partial charge is 0.306 e. The van der Waals surface area contributed by atoms with Crippen molar-refractivity contribution in [1.29, 1.82) is 0 Å². The quantitative estimate of drug-likeness (QED) is 0.0261. The van der Waals surface area contributed by atoms with E-state index in [4.69, 9.17) is 14.2 Å². The average molecular weight is 1050 g/mol. The zero-order chi connectivity index (χ0) is 54.3. The van der Waals surface area contributed by atoms with E-state index in [0.717, 1.165) is 77.0 Å². The highest BCUT2D eigenvalue weighted by atomic mass is 16.6. The molecule has 0 atom stereocenters. The van der Waals surface area contributed by atoms with E-state index >= 15 is 0 Å². The van der Waals surface area contributed by atoms with Crippen LogP contribution in [0.1, 0.15) is 329 Å². The standard InChI is InChI=1S/C69H122O6/c1-4-7-10-13-16-19-22-25-28-31-34-37-40-43-46-49-52-55-58-61-67(70)73-64-66(75-69(72)63-60-57-54-51-48-45-42-39-36-33-30-27-24-21-18-15-12-9-6-3)65-74-68(71)62-59-56-53-50-47-44-41-38-35-32-29-26-23-20-17-14-11-8-5-2/h9,12,18,21,27,30,36,39,45,48,54,57,66H,4-8,10-11,13-17,19-20,22-26,28-29,31-35,37-38,40-44,46-47,49-53,55-56,58-65H2,1-3H3/b12-9-,21-18-,30-27-,39-36-,48-45-,57-54-. The van der Waals surface area contributed by atoms with E-state index < -0.39 is 6.10 Å². The molecular weight excluding hydrogens is 925 g/mol. The van der Waals surface area contributed by atoms with Crippen molar-refractivity contribution < 1.29 is 28.6 Å². The molecule has 0 aliphatic rings. The highest BCUT2D eigenvalue weighted by molar-refractivity contribution is 5.71. The first-order chi connectivity index (χ1) is 37.0. The molecule has 0 N–H and O–H groups in total. The topological polar surface area (TPSA) is 78.9 Å². The molecule has 0 aromatic rings. The van der Waals surface area contributed by atoms with E-state index in [1.165, 1.54) is 205 Å². The molecule has 0 rings (SSSR count). The second kappa shape index (κ2) is 63.4. The van der Waals surface area contributed by atoms with Crippen LogP contribution < -0.4 is 0 Å².